The highest BCUT2D eigenvalue weighted by Crippen LogP contribution is 2.35. The standard InChI is InChI=1S/C27H30FN9O2/c1-3-23(38)35-15-27(28,16-35)26(39)34-8-6-21(7-9-34)37-17(2)24(32-33-37)19-10-22(30-12-18-4-5-18)25-20(11-29)13-31-36(25)14-19/h3,10,13-14,18,21,30H,1,4-9,12,15-16H2,2H3. The van der Waals surface area contributed by atoms with E-state index < -0.39 is 11.6 Å². The van der Waals surface area contributed by atoms with Crippen LogP contribution in [0.4, 0.5) is 10.1 Å². The third kappa shape index (κ3) is 4.41. The maximum atomic E-state index is 15.1. The quantitative estimate of drug-likeness (QED) is 0.465. The molecule has 2 aliphatic heterocycles. The minimum Gasteiger partial charge on any atom is -0.383 e. The Labute approximate surface area is 224 Å². The minimum absolute atomic E-state index is 0.0252. The number of fused-ring (bicyclic) bond motifs is 1. The van der Waals surface area contributed by atoms with E-state index in [2.05, 4.69) is 33.4 Å². The van der Waals surface area contributed by atoms with Gasteiger partial charge >= 0.3 is 0 Å². The monoisotopic (exact) mass is 531 g/mol. The number of carbonyl (C=O) groups is 2. The number of hydrogen-bond donors (Lipinski definition) is 1. The molecule has 2 saturated heterocycles. The first kappa shape index (κ1) is 25.0. The Hall–Kier alpha value is -4.27. The number of nitriles is 1. The summed E-state index contributed by atoms with van der Waals surface area (Å²) in [4.78, 5) is 27.3. The van der Waals surface area contributed by atoms with Gasteiger partial charge in [-0.25, -0.2) is 13.6 Å². The van der Waals surface area contributed by atoms with E-state index in [0.717, 1.165) is 40.8 Å². The van der Waals surface area contributed by atoms with Crippen molar-refractivity contribution >= 4 is 23.0 Å². The first-order valence-electron chi connectivity index (χ1n) is 13.3. The summed E-state index contributed by atoms with van der Waals surface area (Å²) in [7, 11) is 0. The van der Waals surface area contributed by atoms with E-state index in [1.807, 2.05) is 23.9 Å². The normalized spacial score (nSPS) is 19.0. The van der Waals surface area contributed by atoms with E-state index in [1.165, 1.54) is 17.7 Å². The zero-order valence-corrected chi connectivity index (χ0v) is 21.8. The number of nitrogens with zero attached hydrogens (tertiary/aromatic N) is 8. The van der Waals surface area contributed by atoms with Gasteiger partial charge in [-0.2, -0.15) is 10.4 Å². The predicted octanol–water partition coefficient (Wildman–Crippen LogP) is 2.49. The number of hydrogen-bond acceptors (Lipinski definition) is 7. The maximum absolute atomic E-state index is 15.1. The number of pyridine rings is 1. The van der Waals surface area contributed by atoms with Crippen LogP contribution in [-0.4, -0.2) is 84.6 Å². The van der Waals surface area contributed by atoms with E-state index in [0.29, 0.717) is 37.4 Å². The SMILES string of the molecule is C=CC(=O)N1CC(F)(C(=O)N2CCC(n3nnc(-c4cc(NCC5CC5)c5c(C#N)cnn5c4)c3C)CC2)C1. The van der Waals surface area contributed by atoms with Gasteiger partial charge in [-0.15, -0.1) is 5.10 Å². The zero-order chi connectivity index (χ0) is 27.3. The van der Waals surface area contributed by atoms with Crippen molar-refractivity contribution in [2.45, 2.75) is 44.3 Å². The lowest BCUT2D eigenvalue weighted by Gasteiger charge is -2.45. The summed E-state index contributed by atoms with van der Waals surface area (Å²) in [6.45, 7) is 6.59. The molecule has 6 rings (SSSR count). The van der Waals surface area contributed by atoms with Gasteiger partial charge in [-0.05, 0) is 50.7 Å². The summed E-state index contributed by atoms with van der Waals surface area (Å²) < 4.78 is 18.7. The van der Waals surface area contributed by atoms with Crippen LogP contribution in [0.25, 0.3) is 16.8 Å². The molecule has 202 valence electrons. The van der Waals surface area contributed by atoms with Crippen LogP contribution in [0.2, 0.25) is 0 Å². The molecule has 1 saturated carbocycles. The van der Waals surface area contributed by atoms with Crippen molar-refractivity contribution in [3.05, 3.63) is 42.4 Å². The molecular weight excluding hydrogens is 501 g/mol. The summed E-state index contributed by atoms with van der Waals surface area (Å²) in [6.07, 6.45) is 8.24. The van der Waals surface area contributed by atoms with E-state index in [1.54, 1.807) is 15.6 Å². The molecule has 0 unspecified atom stereocenters. The average Bonchev–Trinajstić information content (AvgIpc) is 3.55. The van der Waals surface area contributed by atoms with Crippen molar-refractivity contribution in [1.82, 2.24) is 34.4 Å². The third-order valence-electron chi connectivity index (χ3n) is 8.06. The van der Waals surface area contributed by atoms with Crippen LogP contribution in [0.5, 0.6) is 0 Å². The molecule has 12 heteroatoms. The number of alkyl halides is 1. The second kappa shape index (κ2) is 9.48. The molecule has 0 spiro atoms. The Morgan fingerprint density at radius 3 is 2.67 bits per heavy atom. The second-order valence-electron chi connectivity index (χ2n) is 10.8. The Balaban J connectivity index is 1.17. The Morgan fingerprint density at radius 1 is 1.26 bits per heavy atom. The molecule has 3 aromatic rings. The average molecular weight is 532 g/mol. The van der Waals surface area contributed by atoms with Crippen molar-refractivity contribution in [2.75, 3.05) is 38.0 Å². The van der Waals surface area contributed by atoms with Gasteiger partial charge < -0.3 is 15.1 Å². The summed E-state index contributed by atoms with van der Waals surface area (Å²) in [5.74, 6) is -0.261. The van der Waals surface area contributed by atoms with Gasteiger partial charge in [-0.3, -0.25) is 9.59 Å². The zero-order valence-electron chi connectivity index (χ0n) is 21.8. The van der Waals surface area contributed by atoms with Gasteiger partial charge in [0.05, 0.1) is 42.3 Å². The largest absolute Gasteiger partial charge is 0.383 e. The topological polar surface area (TPSA) is 124 Å². The van der Waals surface area contributed by atoms with Crippen LogP contribution >= 0.6 is 0 Å². The number of amides is 2. The fraction of sp³-hybridized carbons (Fsp3) is 0.481. The Morgan fingerprint density at radius 2 is 2.00 bits per heavy atom. The molecule has 3 fully saturated rings. The maximum Gasteiger partial charge on any atom is 0.264 e. The Bertz CT molecular complexity index is 1500. The molecule has 1 N–H and O–H groups in total. The van der Waals surface area contributed by atoms with Crippen LogP contribution in [0, 0.1) is 24.2 Å². The number of halogens is 1. The lowest BCUT2D eigenvalue weighted by Crippen LogP contribution is -2.68. The molecule has 0 radical (unpaired) electrons. The first-order chi connectivity index (χ1) is 18.8. The molecule has 0 atom stereocenters. The molecule has 5 heterocycles. The molecule has 3 aliphatic rings. The molecular formula is C27H30FN9O2. The van der Waals surface area contributed by atoms with Crippen LogP contribution < -0.4 is 5.32 Å². The van der Waals surface area contributed by atoms with Crippen molar-refractivity contribution in [3.63, 3.8) is 0 Å². The highest BCUT2D eigenvalue weighted by Gasteiger charge is 2.53. The first-order valence-corrected chi connectivity index (χ1v) is 13.3. The van der Waals surface area contributed by atoms with Crippen molar-refractivity contribution in [2.24, 2.45) is 5.92 Å². The number of carbonyl (C=O) groups excluding carboxylic acids is 2. The van der Waals surface area contributed by atoms with E-state index in [4.69, 9.17) is 0 Å². The number of nitrogens with one attached hydrogen (secondary N) is 1. The fourth-order valence-corrected chi connectivity index (χ4v) is 5.57. The Kier molecular flexibility index (Phi) is 6.09. The lowest BCUT2D eigenvalue weighted by atomic mass is 9.92. The van der Waals surface area contributed by atoms with Crippen molar-refractivity contribution in [1.29, 1.82) is 5.26 Å². The van der Waals surface area contributed by atoms with Crippen LogP contribution in [0.3, 0.4) is 0 Å². The number of anilines is 1. The van der Waals surface area contributed by atoms with Crippen LogP contribution in [0.15, 0.2) is 31.1 Å². The number of aromatic nitrogens is 5. The predicted molar refractivity (Wildman–Crippen MR) is 140 cm³/mol. The van der Waals surface area contributed by atoms with Gasteiger partial charge in [0.15, 0.2) is 0 Å². The third-order valence-corrected chi connectivity index (χ3v) is 8.06. The molecule has 3 aromatic heterocycles. The summed E-state index contributed by atoms with van der Waals surface area (Å²) in [6, 6.07) is 4.25. The van der Waals surface area contributed by atoms with Gasteiger partial charge in [0.2, 0.25) is 11.6 Å². The highest BCUT2D eigenvalue weighted by molar-refractivity contribution is 5.93. The van der Waals surface area contributed by atoms with Gasteiger partial charge in [0.25, 0.3) is 5.91 Å². The van der Waals surface area contributed by atoms with Gasteiger partial charge in [-0.1, -0.05) is 11.8 Å². The second-order valence-corrected chi connectivity index (χ2v) is 10.8. The molecule has 39 heavy (non-hydrogen) atoms. The number of rotatable bonds is 7. The molecule has 1 aliphatic carbocycles. The molecule has 0 aromatic carbocycles. The van der Waals surface area contributed by atoms with Gasteiger partial charge in [0.1, 0.15) is 17.3 Å². The van der Waals surface area contributed by atoms with Crippen molar-refractivity contribution in [3.8, 4) is 17.3 Å². The van der Waals surface area contributed by atoms with E-state index >= 15 is 4.39 Å². The highest BCUT2D eigenvalue weighted by atomic mass is 19.1. The van der Waals surface area contributed by atoms with Crippen LogP contribution in [-0.2, 0) is 9.59 Å². The summed E-state index contributed by atoms with van der Waals surface area (Å²) >= 11 is 0. The summed E-state index contributed by atoms with van der Waals surface area (Å²) in [5, 5.41) is 26.4. The van der Waals surface area contributed by atoms with E-state index in [9.17, 15) is 14.9 Å². The van der Waals surface area contributed by atoms with E-state index in [-0.39, 0.29) is 25.0 Å². The molecule has 11 nitrogen and oxygen atoms in total. The van der Waals surface area contributed by atoms with Crippen molar-refractivity contribution < 1.29 is 14.0 Å². The van der Waals surface area contributed by atoms with Gasteiger partial charge in [0, 0.05) is 31.4 Å². The molecule has 0 bridgehead atoms. The fourth-order valence-electron chi connectivity index (χ4n) is 5.57. The smallest absolute Gasteiger partial charge is 0.264 e. The van der Waals surface area contributed by atoms with Crippen LogP contribution in [0.1, 0.15) is 43.0 Å². The minimum atomic E-state index is -2.02. The molecule has 2 amide bonds. The number of piperidine rings is 1. The lowest BCUT2D eigenvalue weighted by molar-refractivity contribution is -0.162. The summed E-state index contributed by atoms with van der Waals surface area (Å²) in [5.41, 5.74) is 2.54. The number of likely N-dealkylation sites (tertiary alicyclic amines) is 2.